The summed E-state index contributed by atoms with van der Waals surface area (Å²) < 4.78 is 11.2. The van der Waals surface area contributed by atoms with Crippen molar-refractivity contribution in [3.63, 3.8) is 0 Å². The summed E-state index contributed by atoms with van der Waals surface area (Å²) in [6.07, 6.45) is 4.46. The summed E-state index contributed by atoms with van der Waals surface area (Å²) in [4.78, 5) is 24.2. The first kappa shape index (κ1) is 25.9. The zero-order valence-corrected chi connectivity index (χ0v) is 21.5. The number of ether oxygens (including phenoxy) is 2. The summed E-state index contributed by atoms with van der Waals surface area (Å²) >= 11 is 0. The number of benzene rings is 2. The first-order valence-electron chi connectivity index (χ1n) is 13.1. The highest BCUT2D eigenvalue weighted by Crippen LogP contribution is 2.31. The number of aromatic nitrogens is 2. The van der Waals surface area contributed by atoms with Crippen LogP contribution >= 0.6 is 0 Å². The molecule has 1 aliphatic heterocycles. The van der Waals surface area contributed by atoms with Crippen molar-refractivity contribution in [2.45, 2.75) is 32.0 Å². The van der Waals surface area contributed by atoms with E-state index in [1.54, 1.807) is 43.6 Å². The number of carbonyl (C=O) groups is 1. The van der Waals surface area contributed by atoms with Crippen molar-refractivity contribution in [1.29, 1.82) is 0 Å². The van der Waals surface area contributed by atoms with Crippen molar-refractivity contribution in [3.8, 4) is 22.9 Å². The molecule has 0 bridgehead atoms. The molecule has 2 fully saturated rings. The maximum Gasteiger partial charge on any atom is 0.251 e. The van der Waals surface area contributed by atoms with E-state index in [1.165, 1.54) is 12.8 Å². The van der Waals surface area contributed by atoms with E-state index in [-0.39, 0.29) is 5.91 Å². The number of aliphatic hydroxyl groups excluding tert-OH is 1. The monoisotopic (exact) mass is 518 g/mol. The molecule has 2 heterocycles. The predicted molar refractivity (Wildman–Crippen MR) is 143 cm³/mol. The topological polar surface area (TPSA) is 117 Å². The van der Waals surface area contributed by atoms with Gasteiger partial charge >= 0.3 is 0 Å². The lowest BCUT2D eigenvalue weighted by atomic mass is 9.96. The van der Waals surface area contributed by atoms with Crippen LogP contribution < -0.4 is 19.7 Å². The highest BCUT2D eigenvalue weighted by Gasteiger charge is 2.23. The molecule has 3 N–H and O–H groups in total. The lowest BCUT2D eigenvalue weighted by Crippen LogP contribution is -2.39. The van der Waals surface area contributed by atoms with Crippen LogP contribution in [0.2, 0.25) is 0 Å². The van der Waals surface area contributed by atoms with Gasteiger partial charge in [-0.3, -0.25) is 4.79 Å². The SMILES string of the molecule is COc1cc(OCC2CC2)cc(C(=O)NCC2CCN(c3ccnc(-c4cccc(C(O)O)c4)n3)CC2)c1. The van der Waals surface area contributed by atoms with Gasteiger partial charge in [-0.25, -0.2) is 9.97 Å². The van der Waals surface area contributed by atoms with Gasteiger partial charge in [-0.05, 0) is 61.8 Å². The fourth-order valence-corrected chi connectivity index (χ4v) is 4.61. The molecule has 1 saturated heterocycles. The molecule has 0 spiro atoms. The van der Waals surface area contributed by atoms with Crippen LogP contribution in [0.25, 0.3) is 11.4 Å². The van der Waals surface area contributed by atoms with Crippen LogP contribution in [0.1, 0.15) is 47.9 Å². The molecule has 0 atom stereocenters. The number of nitrogens with zero attached hydrogens (tertiary/aromatic N) is 3. The Morgan fingerprint density at radius 1 is 1.05 bits per heavy atom. The van der Waals surface area contributed by atoms with Crippen molar-refractivity contribution in [1.82, 2.24) is 15.3 Å². The number of anilines is 1. The summed E-state index contributed by atoms with van der Waals surface area (Å²) in [5.41, 5.74) is 1.67. The average Bonchev–Trinajstić information content (AvgIpc) is 3.80. The minimum atomic E-state index is -1.54. The number of carbonyl (C=O) groups excluding carboxylic acids is 1. The highest BCUT2D eigenvalue weighted by atomic mass is 16.5. The van der Waals surface area contributed by atoms with Gasteiger partial charge in [-0.15, -0.1) is 0 Å². The van der Waals surface area contributed by atoms with Crippen LogP contribution in [0.4, 0.5) is 5.82 Å². The van der Waals surface area contributed by atoms with E-state index in [4.69, 9.17) is 14.5 Å². The van der Waals surface area contributed by atoms with Gasteiger partial charge in [0.1, 0.15) is 17.3 Å². The molecule has 9 nitrogen and oxygen atoms in total. The molecule has 1 amide bonds. The molecular formula is C29H34N4O5. The summed E-state index contributed by atoms with van der Waals surface area (Å²) in [6.45, 7) is 2.93. The third-order valence-electron chi connectivity index (χ3n) is 7.13. The summed E-state index contributed by atoms with van der Waals surface area (Å²) in [5, 5.41) is 22.0. The van der Waals surface area contributed by atoms with Gasteiger partial charge in [-0.1, -0.05) is 18.2 Å². The lowest BCUT2D eigenvalue weighted by Gasteiger charge is -2.33. The van der Waals surface area contributed by atoms with Crippen LogP contribution in [0.15, 0.2) is 54.7 Å². The molecule has 0 unspecified atom stereocenters. The smallest absolute Gasteiger partial charge is 0.251 e. The van der Waals surface area contributed by atoms with Crippen LogP contribution in [0, 0.1) is 11.8 Å². The fraction of sp³-hybridized carbons (Fsp3) is 0.414. The number of piperidine rings is 1. The van der Waals surface area contributed by atoms with Gasteiger partial charge in [-0.2, -0.15) is 0 Å². The van der Waals surface area contributed by atoms with Gasteiger partial charge in [0, 0.05) is 48.6 Å². The molecule has 9 heteroatoms. The Morgan fingerprint density at radius 3 is 2.58 bits per heavy atom. The van der Waals surface area contributed by atoms with E-state index in [0.29, 0.717) is 53.4 Å². The Labute approximate surface area is 222 Å². The third kappa shape index (κ3) is 6.59. The maximum absolute atomic E-state index is 12.9. The number of hydrogen-bond donors (Lipinski definition) is 3. The molecule has 0 radical (unpaired) electrons. The molecule has 200 valence electrons. The Kier molecular flexibility index (Phi) is 8.05. The van der Waals surface area contributed by atoms with E-state index in [9.17, 15) is 15.0 Å². The number of methoxy groups -OCH3 is 1. The molecular weight excluding hydrogens is 484 g/mol. The Balaban J connectivity index is 1.15. The van der Waals surface area contributed by atoms with Crippen molar-refractivity contribution in [3.05, 3.63) is 65.9 Å². The van der Waals surface area contributed by atoms with E-state index < -0.39 is 6.29 Å². The number of rotatable bonds is 10. The first-order chi connectivity index (χ1) is 18.5. The summed E-state index contributed by atoms with van der Waals surface area (Å²) in [5.74, 6) is 3.53. The van der Waals surface area contributed by atoms with Crippen molar-refractivity contribution in [2.75, 3.05) is 38.3 Å². The van der Waals surface area contributed by atoms with Crippen LogP contribution in [-0.4, -0.2) is 59.4 Å². The van der Waals surface area contributed by atoms with Gasteiger partial charge in [0.25, 0.3) is 5.91 Å². The summed E-state index contributed by atoms with van der Waals surface area (Å²) in [7, 11) is 1.59. The minimum Gasteiger partial charge on any atom is -0.497 e. The molecule has 2 aromatic carbocycles. The zero-order valence-electron chi connectivity index (χ0n) is 21.5. The molecule has 5 rings (SSSR count). The van der Waals surface area contributed by atoms with Gasteiger partial charge in [0.2, 0.25) is 0 Å². The molecule has 1 aliphatic carbocycles. The fourth-order valence-electron chi connectivity index (χ4n) is 4.61. The Bertz CT molecular complexity index is 1260. The van der Waals surface area contributed by atoms with Crippen molar-refractivity contribution < 1.29 is 24.5 Å². The van der Waals surface area contributed by atoms with Crippen LogP contribution in [0.5, 0.6) is 11.5 Å². The normalized spacial score (nSPS) is 15.9. The Morgan fingerprint density at radius 2 is 1.84 bits per heavy atom. The molecule has 1 aromatic heterocycles. The van der Waals surface area contributed by atoms with Crippen molar-refractivity contribution in [2.24, 2.45) is 11.8 Å². The Hall–Kier alpha value is -3.69. The van der Waals surface area contributed by atoms with E-state index in [2.05, 4.69) is 15.2 Å². The predicted octanol–water partition coefficient (Wildman–Crippen LogP) is 3.57. The third-order valence-corrected chi connectivity index (χ3v) is 7.13. The lowest BCUT2D eigenvalue weighted by molar-refractivity contribution is -0.0424. The second-order valence-electron chi connectivity index (χ2n) is 10.0. The van der Waals surface area contributed by atoms with Gasteiger partial charge < -0.3 is 29.9 Å². The highest BCUT2D eigenvalue weighted by molar-refractivity contribution is 5.95. The van der Waals surface area contributed by atoms with Crippen LogP contribution in [-0.2, 0) is 0 Å². The zero-order chi connectivity index (χ0) is 26.5. The molecule has 3 aromatic rings. The number of amides is 1. The quantitative estimate of drug-likeness (QED) is 0.349. The molecule has 1 saturated carbocycles. The number of aliphatic hydroxyl groups is 2. The van der Waals surface area contributed by atoms with E-state index in [0.717, 1.165) is 37.3 Å². The second kappa shape index (κ2) is 11.8. The first-order valence-corrected chi connectivity index (χ1v) is 13.1. The largest absolute Gasteiger partial charge is 0.497 e. The maximum atomic E-state index is 12.9. The number of hydrogen-bond acceptors (Lipinski definition) is 8. The van der Waals surface area contributed by atoms with E-state index in [1.807, 2.05) is 18.2 Å². The molecule has 2 aliphatic rings. The van der Waals surface area contributed by atoms with Gasteiger partial charge in [0.05, 0.1) is 13.7 Å². The average molecular weight is 519 g/mol. The van der Waals surface area contributed by atoms with Gasteiger partial charge in [0.15, 0.2) is 12.1 Å². The minimum absolute atomic E-state index is 0.127. The number of nitrogens with one attached hydrogen (secondary N) is 1. The van der Waals surface area contributed by atoms with Crippen molar-refractivity contribution >= 4 is 11.7 Å². The van der Waals surface area contributed by atoms with E-state index >= 15 is 0 Å². The standard InChI is InChI=1S/C29H34N4O5/c1-37-24-14-23(15-25(16-24)38-18-20-5-6-20)28(34)31-17-19-8-11-33(12-9-19)26-7-10-30-27(32-26)21-3-2-4-22(13-21)29(35)36/h2-4,7,10,13-16,19-20,29,35-36H,5-6,8-9,11-12,17-18H2,1H3,(H,31,34). The molecule has 38 heavy (non-hydrogen) atoms. The van der Waals surface area contributed by atoms with Crippen LogP contribution in [0.3, 0.4) is 0 Å². The second-order valence-corrected chi connectivity index (χ2v) is 10.0. The summed E-state index contributed by atoms with van der Waals surface area (Å²) in [6, 6.07) is 14.2.